The van der Waals surface area contributed by atoms with Crippen LogP contribution < -0.4 is 10.6 Å². The van der Waals surface area contributed by atoms with Gasteiger partial charge in [-0.1, -0.05) is 73.3 Å². The quantitative estimate of drug-likeness (QED) is 0.122. The molecule has 0 aliphatic carbocycles. The number of hydrogen-bond acceptors (Lipinski definition) is 4. The highest BCUT2D eigenvalue weighted by molar-refractivity contribution is 7.97. The second-order valence-corrected chi connectivity index (χ2v) is 11.9. The van der Waals surface area contributed by atoms with E-state index in [1.54, 1.807) is 24.1 Å². The predicted molar refractivity (Wildman–Crippen MR) is 186 cm³/mol. The van der Waals surface area contributed by atoms with Crippen LogP contribution >= 0.6 is 11.9 Å². The number of benzene rings is 2. The molecule has 0 saturated heterocycles. The number of nitrogens with zero attached hydrogens (tertiary/aromatic N) is 2. The number of alkyl halides is 3. The zero-order valence-corrected chi connectivity index (χ0v) is 28.7. The van der Waals surface area contributed by atoms with Crippen LogP contribution in [0.2, 0.25) is 0 Å². The zero-order valence-electron chi connectivity index (χ0n) is 27.8. The van der Waals surface area contributed by atoms with Gasteiger partial charge in [0.05, 0.1) is 17.8 Å². The van der Waals surface area contributed by atoms with Gasteiger partial charge in [0.1, 0.15) is 6.54 Å². The fourth-order valence-electron chi connectivity index (χ4n) is 5.29. The van der Waals surface area contributed by atoms with Crippen molar-refractivity contribution >= 4 is 34.2 Å². The molecule has 0 radical (unpaired) electrons. The fourth-order valence-corrected chi connectivity index (χ4v) is 6.46. The van der Waals surface area contributed by atoms with Crippen LogP contribution in [0.15, 0.2) is 47.4 Å². The number of rotatable bonds is 16. The van der Waals surface area contributed by atoms with E-state index in [0.29, 0.717) is 17.8 Å². The Morgan fingerprint density at radius 1 is 0.886 bits per heavy atom. The molecule has 0 aliphatic rings. The number of aromatic nitrogens is 1. The number of nitrogens with one attached hydrogen (secondary N) is 2. The minimum absolute atomic E-state index is 0.286. The van der Waals surface area contributed by atoms with Crippen molar-refractivity contribution in [3.8, 4) is 11.8 Å². The molecular formula is C36H53F3N4S. The molecule has 0 fully saturated rings. The Bertz CT molecular complexity index is 1310. The van der Waals surface area contributed by atoms with Crippen molar-refractivity contribution in [2.75, 3.05) is 30.3 Å². The molecule has 8 heteroatoms. The molecule has 44 heavy (non-hydrogen) atoms. The molecule has 0 amide bonds. The average Bonchev–Trinajstić information content (AvgIpc) is 3.34. The van der Waals surface area contributed by atoms with E-state index >= 15 is 0 Å². The van der Waals surface area contributed by atoms with Crippen LogP contribution in [0.3, 0.4) is 0 Å². The normalized spacial score (nSPS) is 11.4. The summed E-state index contributed by atoms with van der Waals surface area (Å²) in [4.78, 5) is 1.21. The summed E-state index contributed by atoms with van der Waals surface area (Å²) in [6.07, 6.45) is 2.87. The van der Waals surface area contributed by atoms with Crippen LogP contribution in [0.1, 0.15) is 98.2 Å². The summed E-state index contributed by atoms with van der Waals surface area (Å²) in [6, 6.07) is 14.0. The van der Waals surface area contributed by atoms with Gasteiger partial charge in [0.2, 0.25) is 0 Å². The minimum atomic E-state index is -4.35. The molecule has 3 aromatic rings. The summed E-state index contributed by atoms with van der Waals surface area (Å²) in [6.45, 7) is 16.2. The largest absolute Gasteiger partial charge is 0.406 e. The van der Waals surface area contributed by atoms with Gasteiger partial charge in [0.25, 0.3) is 0 Å². The van der Waals surface area contributed by atoms with E-state index in [4.69, 9.17) is 0 Å². The van der Waals surface area contributed by atoms with Crippen LogP contribution in [-0.4, -0.2) is 40.7 Å². The lowest BCUT2D eigenvalue weighted by Gasteiger charge is -2.20. The van der Waals surface area contributed by atoms with E-state index in [-0.39, 0.29) is 6.04 Å². The summed E-state index contributed by atoms with van der Waals surface area (Å²) in [5, 5.41) is 7.77. The van der Waals surface area contributed by atoms with Crippen LogP contribution in [0.4, 0.5) is 24.5 Å². The van der Waals surface area contributed by atoms with Crippen molar-refractivity contribution in [1.29, 1.82) is 0 Å². The SMILES string of the molecule is CC.CCCC(CCC)Nc1cccc2c1cc(C#CCNc1ccc(SN(CCC)CCC)cc1CC)n2CC(F)(F)F. The molecule has 3 rings (SSSR count). The Hall–Kier alpha value is -2.76. The van der Waals surface area contributed by atoms with Gasteiger partial charge < -0.3 is 15.2 Å². The van der Waals surface area contributed by atoms with Gasteiger partial charge in [-0.25, -0.2) is 4.31 Å². The van der Waals surface area contributed by atoms with Crippen LogP contribution in [0.25, 0.3) is 10.9 Å². The highest BCUT2D eigenvalue weighted by Crippen LogP contribution is 2.31. The maximum Gasteiger partial charge on any atom is 0.406 e. The lowest BCUT2D eigenvalue weighted by Crippen LogP contribution is -2.19. The molecule has 2 N–H and O–H groups in total. The van der Waals surface area contributed by atoms with Crippen molar-refractivity contribution < 1.29 is 13.2 Å². The van der Waals surface area contributed by atoms with Crippen molar-refractivity contribution in [2.24, 2.45) is 0 Å². The second kappa shape index (κ2) is 19.6. The fraction of sp³-hybridized carbons (Fsp3) is 0.556. The van der Waals surface area contributed by atoms with Gasteiger partial charge in [-0.05, 0) is 91.9 Å². The molecule has 0 spiro atoms. The molecule has 1 aromatic heterocycles. The van der Waals surface area contributed by atoms with Crippen molar-refractivity contribution in [1.82, 2.24) is 8.87 Å². The van der Waals surface area contributed by atoms with Gasteiger partial charge in [0, 0.05) is 40.8 Å². The Balaban J connectivity index is 0.00000330. The molecule has 0 saturated carbocycles. The lowest BCUT2D eigenvalue weighted by atomic mass is 10.1. The van der Waals surface area contributed by atoms with Crippen LogP contribution in [0, 0.1) is 11.8 Å². The van der Waals surface area contributed by atoms with Crippen LogP contribution in [0.5, 0.6) is 0 Å². The first-order chi connectivity index (χ1) is 21.2. The van der Waals surface area contributed by atoms with Crippen molar-refractivity contribution in [3.05, 3.63) is 53.7 Å². The zero-order chi connectivity index (χ0) is 32.5. The summed E-state index contributed by atoms with van der Waals surface area (Å²) in [5.41, 5.74) is 3.99. The molecule has 0 atom stereocenters. The Labute approximate surface area is 268 Å². The molecule has 2 aromatic carbocycles. The summed E-state index contributed by atoms with van der Waals surface area (Å²) in [7, 11) is 0. The molecule has 4 nitrogen and oxygen atoms in total. The summed E-state index contributed by atoms with van der Waals surface area (Å²) >= 11 is 1.80. The highest BCUT2D eigenvalue weighted by atomic mass is 32.2. The summed E-state index contributed by atoms with van der Waals surface area (Å²) in [5.74, 6) is 6.13. The van der Waals surface area contributed by atoms with E-state index in [0.717, 1.165) is 74.8 Å². The molecule has 244 valence electrons. The van der Waals surface area contributed by atoms with Gasteiger partial charge in [-0.3, -0.25) is 0 Å². The van der Waals surface area contributed by atoms with Gasteiger partial charge >= 0.3 is 6.18 Å². The Morgan fingerprint density at radius 3 is 2.16 bits per heavy atom. The average molecular weight is 631 g/mol. The third-order valence-corrected chi connectivity index (χ3v) is 8.23. The van der Waals surface area contributed by atoms with E-state index in [1.165, 1.54) is 15.0 Å². The van der Waals surface area contributed by atoms with E-state index in [1.807, 2.05) is 26.0 Å². The number of fused-ring (bicyclic) bond motifs is 1. The molecule has 0 unspecified atom stereocenters. The Kier molecular flexibility index (Phi) is 16.7. The maximum atomic E-state index is 13.6. The van der Waals surface area contributed by atoms with E-state index in [9.17, 15) is 13.2 Å². The molecule has 0 aliphatic heterocycles. The maximum absolute atomic E-state index is 13.6. The Morgan fingerprint density at radius 2 is 1.57 bits per heavy atom. The molecular weight excluding hydrogens is 577 g/mol. The topological polar surface area (TPSA) is 32.2 Å². The smallest absolute Gasteiger partial charge is 0.382 e. The number of anilines is 2. The summed E-state index contributed by atoms with van der Waals surface area (Å²) < 4.78 is 44.6. The first-order valence-electron chi connectivity index (χ1n) is 16.5. The van der Waals surface area contributed by atoms with Gasteiger partial charge in [0.15, 0.2) is 0 Å². The van der Waals surface area contributed by atoms with E-state index in [2.05, 4.69) is 79.6 Å². The minimum Gasteiger partial charge on any atom is -0.382 e. The third kappa shape index (κ3) is 11.6. The number of hydrogen-bond donors (Lipinski definition) is 2. The second-order valence-electron chi connectivity index (χ2n) is 10.7. The third-order valence-electron chi connectivity index (χ3n) is 7.14. The lowest BCUT2D eigenvalue weighted by molar-refractivity contribution is -0.140. The molecule has 1 heterocycles. The van der Waals surface area contributed by atoms with Gasteiger partial charge in [-0.2, -0.15) is 13.2 Å². The standard InChI is InChI=1S/C34H47F3N4S.C2H6/c1-6-13-27(14-7-2)39-32-16-11-17-33-30(32)24-28(41(33)25-34(35,36)37)15-12-20-38-31-19-18-29(23-26(31)10-5)42-40(21-8-3)22-9-4;1-2/h11,16-19,23-24,27,38-39H,6-10,13-14,20-22,25H2,1-5H3;1-2H3. The van der Waals surface area contributed by atoms with Crippen molar-refractivity contribution in [3.63, 3.8) is 0 Å². The number of aryl methyl sites for hydroxylation is 1. The predicted octanol–water partition coefficient (Wildman–Crippen LogP) is 10.8. The van der Waals surface area contributed by atoms with Crippen LogP contribution in [-0.2, 0) is 13.0 Å². The monoisotopic (exact) mass is 630 g/mol. The van der Waals surface area contributed by atoms with E-state index < -0.39 is 12.7 Å². The number of halogens is 3. The highest BCUT2D eigenvalue weighted by Gasteiger charge is 2.30. The first-order valence-corrected chi connectivity index (χ1v) is 17.2. The van der Waals surface area contributed by atoms with Gasteiger partial charge in [-0.15, -0.1) is 0 Å². The first kappa shape index (κ1) is 37.4. The van der Waals surface area contributed by atoms with Crippen molar-refractivity contribution in [2.45, 2.75) is 117 Å². The molecule has 0 bridgehead atoms.